The SMILES string of the molecule is CC(=O)N1CC[C@H](Oc2cncc(-n3cc(-c4cc(C(=O)NC5CC5)ccc4C)cn3)c2)C1. The van der Waals surface area contributed by atoms with Crippen LogP contribution in [-0.4, -0.2) is 56.7 Å². The van der Waals surface area contributed by atoms with E-state index < -0.39 is 0 Å². The number of nitrogens with one attached hydrogen (secondary N) is 1. The van der Waals surface area contributed by atoms with Crippen LogP contribution in [0, 0.1) is 6.92 Å². The minimum Gasteiger partial charge on any atom is -0.487 e. The number of rotatable bonds is 6. The second-order valence-electron chi connectivity index (χ2n) is 8.82. The fourth-order valence-corrected chi connectivity index (χ4v) is 4.07. The third-order valence-electron chi connectivity index (χ3n) is 6.16. The predicted octanol–water partition coefficient (Wildman–Crippen LogP) is 3.13. The molecule has 0 spiro atoms. The normalized spacial score (nSPS) is 17.8. The van der Waals surface area contributed by atoms with Gasteiger partial charge in [-0.2, -0.15) is 5.10 Å². The van der Waals surface area contributed by atoms with Gasteiger partial charge in [-0.25, -0.2) is 4.68 Å². The first kappa shape index (κ1) is 21.2. The van der Waals surface area contributed by atoms with E-state index in [2.05, 4.69) is 15.4 Å². The van der Waals surface area contributed by atoms with Crippen molar-refractivity contribution in [1.29, 1.82) is 0 Å². The molecule has 3 heterocycles. The van der Waals surface area contributed by atoms with Gasteiger partial charge in [0.25, 0.3) is 5.91 Å². The Bertz CT molecular complexity index is 1200. The van der Waals surface area contributed by atoms with Gasteiger partial charge in [-0.1, -0.05) is 6.07 Å². The molecular weight excluding hydrogens is 418 g/mol. The monoisotopic (exact) mass is 445 g/mol. The zero-order valence-corrected chi connectivity index (χ0v) is 18.8. The molecule has 3 aromatic rings. The summed E-state index contributed by atoms with van der Waals surface area (Å²) in [6.07, 6.45) is 10.0. The summed E-state index contributed by atoms with van der Waals surface area (Å²) in [7, 11) is 0. The van der Waals surface area contributed by atoms with Crippen LogP contribution in [-0.2, 0) is 4.79 Å². The van der Waals surface area contributed by atoms with Crippen molar-refractivity contribution >= 4 is 11.8 Å². The molecule has 8 heteroatoms. The molecule has 5 rings (SSSR count). The average Bonchev–Trinajstić information content (AvgIpc) is 3.28. The summed E-state index contributed by atoms with van der Waals surface area (Å²) >= 11 is 0. The molecule has 8 nitrogen and oxygen atoms in total. The molecule has 33 heavy (non-hydrogen) atoms. The number of hydrogen-bond acceptors (Lipinski definition) is 5. The van der Waals surface area contributed by atoms with Gasteiger partial charge in [0.15, 0.2) is 0 Å². The topological polar surface area (TPSA) is 89.4 Å². The Morgan fingerprint density at radius 1 is 1.12 bits per heavy atom. The number of carbonyl (C=O) groups excluding carboxylic acids is 2. The predicted molar refractivity (Wildman–Crippen MR) is 123 cm³/mol. The molecule has 2 fully saturated rings. The maximum atomic E-state index is 12.5. The van der Waals surface area contributed by atoms with Crippen LogP contribution in [0.5, 0.6) is 5.75 Å². The van der Waals surface area contributed by atoms with E-state index in [1.54, 1.807) is 35.1 Å². The maximum absolute atomic E-state index is 12.5. The fraction of sp³-hybridized carbons (Fsp3) is 0.360. The van der Waals surface area contributed by atoms with Gasteiger partial charge in [-0.15, -0.1) is 0 Å². The summed E-state index contributed by atoms with van der Waals surface area (Å²) < 4.78 is 7.82. The quantitative estimate of drug-likeness (QED) is 0.630. The summed E-state index contributed by atoms with van der Waals surface area (Å²) in [6, 6.07) is 7.97. The third kappa shape index (κ3) is 4.74. The molecule has 1 N–H and O–H groups in total. The Balaban J connectivity index is 1.33. The number of nitrogens with zero attached hydrogens (tertiary/aromatic N) is 4. The number of ether oxygens (including phenoxy) is 1. The first-order chi connectivity index (χ1) is 16.0. The van der Waals surface area contributed by atoms with Crippen LogP contribution in [0.3, 0.4) is 0 Å². The van der Waals surface area contributed by atoms with Crippen LogP contribution in [0.2, 0.25) is 0 Å². The van der Waals surface area contributed by atoms with E-state index in [-0.39, 0.29) is 17.9 Å². The summed E-state index contributed by atoms with van der Waals surface area (Å²) in [5.74, 6) is 0.687. The Morgan fingerprint density at radius 2 is 1.97 bits per heavy atom. The van der Waals surface area contributed by atoms with E-state index >= 15 is 0 Å². The van der Waals surface area contributed by atoms with Gasteiger partial charge in [0, 0.05) is 49.3 Å². The van der Waals surface area contributed by atoms with Crippen molar-refractivity contribution in [3.63, 3.8) is 0 Å². The van der Waals surface area contributed by atoms with Gasteiger partial charge in [-0.3, -0.25) is 14.6 Å². The molecule has 2 aromatic heterocycles. The van der Waals surface area contributed by atoms with Crippen molar-refractivity contribution in [2.45, 2.75) is 45.3 Å². The van der Waals surface area contributed by atoms with Gasteiger partial charge in [0.2, 0.25) is 5.91 Å². The standard InChI is InChI=1S/C25H27N5O3/c1-16-3-4-18(25(32)28-20-5-6-20)9-24(16)19-11-27-30(14-19)21-10-23(13-26-12-21)33-22-7-8-29(15-22)17(2)31/h3-4,9-14,20,22H,5-8,15H2,1-2H3,(H,28,32)/t22-/m0/s1. The second kappa shape index (κ2) is 8.69. The zero-order valence-electron chi connectivity index (χ0n) is 18.8. The molecule has 170 valence electrons. The summed E-state index contributed by atoms with van der Waals surface area (Å²) in [5, 5.41) is 7.55. The van der Waals surface area contributed by atoms with Crippen molar-refractivity contribution in [2.24, 2.45) is 0 Å². The van der Waals surface area contributed by atoms with Crippen molar-refractivity contribution < 1.29 is 14.3 Å². The van der Waals surface area contributed by atoms with Crippen molar-refractivity contribution in [2.75, 3.05) is 13.1 Å². The number of pyridine rings is 1. The minimum atomic E-state index is -0.0358. The highest BCUT2D eigenvalue weighted by Crippen LogP contribution is 2.27. The number of hydrogen-bond donors (Lipinski definition) is 1. The van der Waals surface area contributed by atoms with Crippen LogP contribution in [0.1, 0.15) is 42.1 Å². The number of aromatic nitrogens is 3. The lowest BCUT2D eigenvalue weighted by Crippen LogP contribution is -2.28. The Kier molecular flexibility index (Phi) is 5.58. The van der Waals surface area contributed by atoms with Gasteiger partial charge >= 0.3 is 0 Å². The molecule has 1 aliphatic carbocycles. The summed E-state index contributed by atoms with van der Waals surface area (Å²) in [6.45, 7) is 4.91. The van der Waals surface area contributed by atoms with Crippen molar-refractivity contribution in [1.82, 2.24) is 25.0 Å². The minimum absolute atomic E-state index is 0.0320. The molecule has 0 radical (unpaired) electrons. The molecule has 2 aliphatic rings. The van der Waals surface area contributed by atoms with E-state index in [1.165, 1.54) is 0 Å². The van der Waals surface area contributed by atoms with Crippen LogP contribution < -0.4 is 10.1 Å². The van der Waals surface area contributed by atoms with Crippen molar-refractivity contribution in [3.8, 4) is 22.6 Å². The van der Waals surface area contributed by atoms with Crippen LogP contribution in [0.4, 0.5) is 0 Å². The molecular formula is C25H27N5O3. The molecule has 0 bridgehead atoms. The van der Waals surface area contributed by atoms with Crippen LogP contribution in [0.15, 0.2) is 49.1 Å². The van der Waals surface area contributed by atoms with E-state index in [4.69, 9.17) is 4.74 Å². The highest BCUT2D eigenvalue weighted by molar-refractivity contribution is 5.96. The molecule has 1 saturated heterocycles. The van der Waals surface area contributed by atoms with Gasteiger partial charge < -0.3 is 15.0 Å². The maximum Gasteiger partial charge on any atom is 0.251 e. The Labute approximate surface area is 192 Å². The Morgan fingerprint density at radius 3 is 2.73 bits per heavy atom. The number of carbonyl (C=O) groups is 2. The second-order valence-corrected chi connectivity index (χ2v) is 8.82. The molecule has 1 saturated carbocycles. The van der Waals surface area contributed by atoms with Crippen molar-refractivity contribution in [3.05, 3.63) is 60.2 Å². The molecule has 1 atom stereocenters. The number of amides is 2. The number of benzene rings is 1. The third-order valence-corrected chi connectivity index (χ3v) is 6.16. The molecule has 1 aliphatic heterocycles. The molecule has 1 aromatic carbocycles. The van der Waals surface area contributed by atoms with Gasteiger partial charge in [-0.05, 0) is 43.0 Å². The average molecular weight is 446 g/mol. The lowest BCUT2D eigenvalue weighted by molar-refractivity contribution is -0.128. The Hall–Kier alpha value is -3.68. The lowest BCUT2D eigenvalue weighted by Gasteiger charge is -2.15. The highest BCUT2D eigenvalue weighted by atomic mass is 16.5. The largest absolute Gasteiger partial charge is 0.487 e. The zero-order chi connectivity index (χ0) is 22.9. The first-order valence-corrected chi connectivity index (χ1v) is 11.3. The summed E-state index contributed by atoms with van der Waals surface area (Å²) in [4.78, 5) is 30.1. The van der Waals surface area contributed by atoms with Crippen LogP contribution >= 0.6 is 0 Å². The summed E-state index contributed by atoms with van der Waals surface area (Å²) in [5.41, 5.74) is 4.40. The molecule has 0 unspecified atom stereocenters. The highest BCUT2D eigenvalue weighted by Gasteiger charge is 2.26. The smallest absolute Gasteiger partial charge is 0.251 e. The lowest BCUT2D eigenvalue weighted by atomic mass is 10.0. The van der Waals surface area contributed by atoms with Gasteiger partial charge in [0.05, 0.1) is 30.8 Å². The van der Waals surface area contributed by atoms with Crippen LogP contribution in [0.25, 0.3) is 16.8 Å². The first-order valence-electron chi connectivity index (χ1n) is 11.3. The van der Waals surface area contributed by atoms with E-state index in [0.29, 0.717) is 30.4 Å². The molecule has 2 amide bonds. The fourth-order valence-electron chi connectivity index (χ4n) is 4.07. The number of aryl methyl sites for hydroxylation is 1. The van der Waals surface area contributed by atoms with E-state index in [9.17, 15) is 9.59 Å². The van der Waals surface area contributed by atoms with E-state index in [1.807, 2.05) is 37.4 Å². The van der Waals surface area contributed by atoms with Gasteiger partial charge in [0.1, 0.15) is 11.9 Å². The number of likely N-dealkylation sites (tertiary alicyclic amines) is 1. The van der Waals surface area contributed by atoms with E-state index in [0.717, 1.165) is 41.6 Å².